The molecule has 0 aliphatic heterocycles. The minimum absolute atomic E-state index is 0.131. The van der Waals surface area contributed by atoms with Gasteiger partial charge in [0, 0.05) is 11.1 Å². The van der Waals surface area contributed by atoms with Gasteiger partial charge in [0.15, 0.2) is 0 Å². The summed E-state index contributed by atoms with van der Waals surface area (Å²) in [5, 5.41) is 12.5. The molecule has 2 rings (SSSR count). The highest BCUT2D eigenvalue weighted by Crippen LogP contribution is 2.34. The van der Waals surface area contributed by atoms with Gasteiger partial charge in [-0.3, -0.25) is 0 Å². The summed E-state index contributed by atoms with van der Waals surface area (Å²) in [4.78, 5) is 23.6. The van der Waals surface area contributed by atoms with Crippen LogP contribution in [-0.4, -0.2) is 23.7 Å². The molecule has 0 atom stereocenters. The molecular formula is C13H10O4S2. The summed E-state index contributed by atoms with van der Waals surface area (Å²) in [5.74, 6) is -1.46. The highest BCUT2D eigenvalue weighted by Gasteiger charge is 2.21. The van der Waals surface area contributed by atoms with Crippen LogP contribution in [0.15, 0.2) is 35.5 Å². The molecule has 0 unspecified atom stereocenters. The Labute approximate surface area is 117 Å². The molecule has 19 heavy (non-hydrogen) atoms. The van der Waals surface area contributed by atoms with E-state index in [1.165, 1.54) is 17.4 Å². The van der Waals surface area contributed by atoms with E-state index in [0.717, 1.165) is 11.3 Å². The monoisotopic (exact) mass is 294 g/mol. The number of rotatable bonds is 5. The number of ether oxygens (including phenoxy) is 1. The number of hydrogen-bond acceptors (Lipinski definition) is 5. The van der Waals surface area contributed by atoms with E-state index in [1.54, 1.807) is 22.9 Å². The fourth-order valence-corrected chi connectivity index (χ4v) is 3.11. The second-order valence-electron chi connectivity index (χ2n) is 3.52. The third-order valence-electron chi connectivity index (χ3n) is 2.33. The Morgan fingerprint density at radius 3 is 2.37 bits per heavy atom. The largest absolute Gasteiger partial charge is 0.477 e. The molecule has 0 fully saturated rings. The van der Waals surface area contributed by atoms with E-state index in [-0.39, 0.29) is 11.5 Å². The van der Waals surface area contributed by atoms with Gasteiger partial charge in [-0.25, -0.2) is 9.59 Å². The summed E-state index contributed by atoms with van der Waals surface area (Å²) in [6.45, 7) is 3.60. The molecule has 0 saturated heterocycles. The Morgan fingerprint density at radius 2 is 1.79 bits per heavy atom. The molecule has 0 aliphatic rings. The molecule has 1 N–H and O–H groups in total. The van der Waals surface area contributed by atoms with E-state index in [9.17, 15) is 9.59 Å². The molecule has 2 aromatic rings. The molecule has 0 aromatic carbocycles. The average molecular weight is 294 g/mol. The Kier molecular flexibility index (Phi) is 4.13. The van der Waals surface area contributed by atoms with Crippen LogP contribution in [-0.2, 0) is 4.74 Å². The fraction of sp³-hybridized carbons (Fsp3) is 0.0769. The number of hydrogen-bond donors (Lipinski definition) is 1. The SMILES string of the molecule is C=CCOC(=O)c1sccc1-c1ccsc1C(=O)O. The molecule has 2 aromatic heterocycles. The smallest absolute Gasteiger partial charge is 0.349 e. The zero-order valence-corrected chi connectivity index (χ0v) is 11.4. The molecule has 0 spiro atoms. The van der Waals surface area contributed by atoms with Crippen molar-refractivity contribution in [3.8, 4) is 11.1 Å². The Balaban J connectivity index is 2.39. The van der Waals surface area contributed by atoms with Crippen molar-refractivity contribution < 1.29 is 19.4 Å². The Bertz CT molecular complexity index is 624. The summed E-state index contributed by atoms with van der Waals surface area (Å²) in [6.07, 6.45) is 1.48. The van der Waals surface area contributed by atoms with Crippen molar-refractivity contribution in [1.29, 1.82) is 0 Å². The first kappa shape index (κ1) is 13.5. The predicted molar refractivity (Wildman–Crippen MR) is 75.1 cm³/mol. The standard InChI is InChI=1S/C13H10O4S2/c1-2-5-17-13(16)11-9(4-7-19-11)8-3-6-18-10(8)12(14)15/h2-4,6-7H,1,5H2,(H,14,15). The molecule has 0 amide bonds. The van der Waals surface area contributed by atoms with E-state index < -0.39 is 11.9 Å². The van der Waals surface area contributed by atoms with Gasteiger partial charge < -0.3 is 9.84 Å². The first-order valence-corrected chi connectivity index (χ1v) is 7.07. The van der Waals surface area contributed by atoms with Crippen molar-refractivity contribution in [2.45, 2.75) is 0 Å². The van der Waals surface area contributed by atoms with Crippen LogP contribution >= 0.6 is 22.7 Å². The lowest BCUT2D eigenvalue weighted by Gasteiger charge is -2.03. The van der Waals surface area contributed by atoms with Crippen molar-refractivity contribution in [3.05, 3.63) is 45.3 Å². The second-order valence-corrected chi connectivity index (χ2v) is 5.35. The van der Waals surface area contributed by atoms with Crippen LogP contribution in [0.1, 0.15) is 19.3 Å². The summed E-state index contributed by atoms with van der Waals surface area (Å²) in [7, 11) is 0. The van der Waals surface area contributed by atoms with E-state index in [0.29, 0.717) is 16.0 Å². The number of thiophene rings is 2. The molecule has 0 radical (unpaired) electrons. The molecule has 0 aliphatic carbocycles. The maximum Gasteiger partial charge on any atom is 0.349 e. The van der Waals surface area contributed by atoms with Crippen LogP contribution < -0.4 is 0 Å². The first-order chi connectivity index (χ1) is 9.15. The minimum Gasteiger partial charge on any atom is -0.477 e. The lowest BCUT2D eigenvalue weighted by Crippen LogP contribution is -2.04. The highest BCUT2D eigenvalue weighted by molar-refractivity contribution is 7.13. The van der Waals surface area contributed by atoms with E-state index >= 15 is 0 Å². The summed E-state index contributed by atoms with van der Waals surface area (Å²) in [5.41, 5.74) is 1.14. The van der Waals surface area contributed by atoms with Gasteiger partial charge in [-0.15, -0.1) is 22.7 Å². The van der Waals surface area contributed by atoms with Gasteiger partial charge in [0.25, 0.3) is 0 Å². The lowest BCUT2D eigenvalue weighted by atomic mass is 10.1. The second kappa shape index (κ2) is 5.81. The maximum absolute atomic E-state index is 11.9. The number of esters is 1. The van der Waals surface area contributed by atoms with Gasteiger partial charge >= 0.3 is 11.9 Å². The fourth-order valence-electron chi connectivity index (χ4n) is 1.57. The molecule has 6 heteroatoms. The van der Waals surface area contributed by atoms with Gasteiger partial charge in [-0.1, -0.05) is 12.7 Å². The Morgan fingerprint density at radius 1 is 1.21 bits per heavy atom. The Hall–Kier alpha value is -1.92. The van der Waals surface area contributed by atoms with Crippen LogP contribution in [0.3, 0.4) is 0 Å². The topological polar surface area (TPSA) is 63.6 Å². The number of carboxylic acid groups (broad SMARTS) is 1. The van der Waals surface area contributed by atoms with Crippen molar-refractivity contribution in [1.82, 2.24) is 0 Å². The quantitative estimate of drug-likeness (QED) is 0.677. The number of carbonyl (C=O) groups is 2. The van der Waals surface area contributed by atoms with Crippen molar-refractivity contribution >= 4 is 34.6 Å². The average Bonchev–Trinajstić information content (AvgIpc) is 3.02. The van der Waals surface area contributed by atoms with Gasteiger partial charge in [0.05, 0.1) is 0 Å². The van der Waals surface area contributed by atoms with Crippen LogP contribution in [0, 0.1) is 0 Å². The molecule has 4 nitrogen and oxygen atoms in total. The van der Waals surface area contributed by atoms with Crippen LogP contribution in [0.2, 0.25) is 0 Å². The zero-order chi connectivity index (χ0) is 13.8. The normalized spacial score (nSPS) is 10.1. The van der Waals surface area contributed by atoms with E-state index in [2.05, 4.69) is 6.58 Å². The van der Waals surface area contributed by atoms with E-state index in [4.69, 9.17) is 9.84 Å². The zero-order valence-electron chi connectivity index (χ0n) is 9.79. The third-order valence-corrected chi connectivity index (χ3v) is 4.13. The predicted octanol–water partition coefficient (Wildman–Crippen LogP) is 3.52. The van der Waals surface area contributed by atoms with Crippen LogP contribution in [0.5, 0.6) is 0 Å². The number of aromatic carboxylic acids is 1. The van der Waals surface area contributed by atoms with Crippen LogP contribution in [0.4, 0.5) is 0 Å². The summed E-state index contributed by atoms with van der Waals surface area (Å²) >= 11 is 2.36. The molecule has 2 heterocycles. The van der Waals surface area contributed by atoms with E-state index in [1.807, 2.05) is 0 Å². The highest BCUT2D eigenvalue weighted by atomic mass is 32.1. The van der Waals surface area contributed by atoms with Gasteiger partial charge in [-0.05, 0) is 22.9 Å². The third kappa shape index (κ3) is 2.74. The lowest BCUT2D eigenvalue weighted by molar-refractivity contribution is 0.0555. The van der Waals surface area contributed by atoms with Crippen molar-refractivity contribution in [2.24, 2.45) is 0 Å². The minimum atomic E-state index is -0.999. The first-order valence-electron chi connectivity index (χ1n) is 5.31. The molecular weight excluding hydrogens is 284 g/mol. The molecule has 98 valence electrons. The van der Waals surface area contributed by atoms with Gasteiger partial charge in [0.1, 0.15) is 16.4 Å². The molecule has 0 bridgehead atoms. The van der Waals surface area contributed by atoms with Crippen LogP contribution in [0.25, 0.3) is 11.1 Å². The van der Waals surface area contributed by atoms with Crippen molar-refractivity contribution in [2.75, 3.05) is 6.61 Å². The van der Waals surface area contributed by atoms with Crippen molar-refractivity contribution in [3.63, 3.8) is 0 Å². The maximum atomic E-state index is 11.9. The van der Waals surface area contributed by atoms with Gasteiger partial charge in [0.2, 0.25) is 0 Å². The molecule has 0 saturated carbocycles. The number of carboxylic acids is 1. The van der Waals surface area contributed by atoms with Gasteiger partial charge in [-0.2, -0.15) is 0 Å². The summed E-state index contributed by atoms with van der Waals surface area (Å²) < 4.78 is 4.98. The summed E-state index contributed by atoms with van der Waals surface area (Å²) in [6, 6.07) is 3.42. The number of carbonyl (C=O) groups excluding carboxylic acids is 1.